The summed E-state index contributed by atoms with van der Waals surface area (Å²) in [5.41, 5.74) is 5.17. The van der Waals surface area contributed by atoms with Gasteiger partial charge < -0.3 is 0 Å². The number of amides is 1. The Morgan fingerprint density at radius 3 is 2.74 bits per heavy atom. The fourth-order valence-corrected chi connectivity index (χ4v) is 2.12. The second kappa shape index (κ2) is 6.47. The highest BCUT2D eigenvalue weighted by Gasteiger charge is 2.03. The fourth-order valence-electron chi connectivity index (χ4n) is 1.59. The zero-order valence-electron chi connectivity index (χ0n) is 10.4. The van der Waals surface area contributed by atoms with Crippen molar-refractivity contribution < 1.29 is 4.79 Å². The van der Waals surface area contributed by atoms with Crippen LogP contribution in [0.4, 0.5) is 0 Å². The van der Waals surface area contributed by atoms with E-state index in [4.69, 9.17) is 0 Å². The van der Waals surface area contributed by atoms with E-state index in [2.05, 4.69) is 33.1 Å². The summed E-state index contributed by atoms with van der Waals surface area (Å²) < 4.78 is 1.09. The highest BCUT2D eigenvalue weighted by molar-refractivity contribution is 14.1. The summed E-state index contributed by atoms with van der Waals surface area (Å²) in [4.78, 5) is 11.8. The lowest BCUT2D eigenvalue weighted by Gasteiger charge is -2.01. The molecule has 2 aromatic rings. The zero-order chi connectivity index (χ0) is 13.7. The summed E-state index contributed by atoms with van der Waals surface area (Å²) in [6.45, 7) is 1.95. The Kier molecular flexibility index (Phi) is 4.68. The van der Waals surface area contributed by atoms with E-state index < -0.39 is 0 Å². The van der Waals surface area contributed by atoms with E-state index in [9.17, 15) is 4.79 Å². The number of nitrogens with one attached hydrogen (secondary N) is 1. The summed E-state index contributed by atoms with van der Waals surface area (Å²) in [5, 5.41) is 3.98. The molecule has 0 saturated heterocycles. The van der Waals surface area contributed by atoms with Crippen LogP contribution in [0.3, 0.4) is 0 Å². The molecule has 19 heavy (non-hydrogen) atoms. The van der Waals surface area contributed by atoms with Gasteiger partial charge in [-0.15, -0.1) is 0 Å². The minimum absolute atomic E-state index is 0.203. The first-order chi connectivity index (χ1) is 9.16. The maximum Gasteiger partial charge on any atom is 0.271 e. The molecule has 1 amide bonds. The smallest absolute Gasteiger partial charge is 0.267 e. The van der Waals surface area contributed by atoms with E-state index in [1.54, 1.807) is 12.3 Å². The summed E-state index contributed by atoms with van der Waals surface area (Å²) in [5.74, 6) is -0.203. The number of carbonyl (C=O) groups excluding carboxylic acids is 1. The molecule has 0 saturated carbocycles. The topological polar surface area (TPSA) is 41.5 Å². The van der Waals surface area contributed by atoms with Gasteiger partial charge in [-0.25, -0.2) is 5.43 Å². The first kappa shape index (κ1) is 13.7. The van der Waals surface area contributed by atoms with Gasteiger partial charge in [0, 0.05) is 14.7 Å². The molecule has 1 N–H and O–H groups in total. The number of halogens is 1. The maximum atomic E-state index is 11.8. The predicted octanol–water partition coefficient (Wildman–Crippen LogP) is 3.36. The van der Waals surface area contributed by atoms with Crippen molar-refractivity contribution in [1.29, 1.82) is 0 Å². The lowest BCUT2D eigenvalue weighted by atomic mass is 10.1. The average Bonchev–Trinajstić information content (AvgIpc) is 2.41. The van der Waals surface area contributed by atoms with Gasteiger partial charge in [-0.3, -0.25) is 4.79 Å². The predicted molar refractivity (Wildman–Crippen MR) is 85.4 cm³/mol. The van der Waals surface area contributed by atoms with E-state index in [1.807, 2.05) is 49.4 Å². The highest BCUT2D eigenvalue weighted by Crippen LogP contribution is 2.08. The van der Waals surface area contributed by atoms with Crippen LogP contribution in [0.25, 0.3) is 0 Å². The second-order valence-electron chi connectivity index (χ2n) is 4.09. The van der Waals surface area contributed by atoms with Crippen LogP contribution in [0.1, 0.15) is 21.5 Å². The van der Waals surface area contributed by atoms with Crippen LogP contribution in [-0.2, 0) is 0 Å². The van der Waals surface area contributed by atoms with Gasteiger partial charge in [0.2, 0.25) is 0 Å². The van der Waals surface area contributed by atoms with Crippen molar-refractivity contribution in [2.75, 3.05) is 0 Å². The van der Waals surface area contributed by atoms with Crippen LogP contribution in [-0.4, -0.2) is 12.1 Å². The van der Waals surface area contributed by atoms with Gasteiger partial charge in [-0.1, -0.05) is 35.9 Å². The van der Waals surface area contributed by atoms with Crippen molar-refractivity contribution in [2.24, 2.45) is 5.10 Å². The number of rotatable bonds is 3. The SMILES string of the molecule is Cc1cccc(C(=O)NN=Cc2ccccc2I)c1. The fraction of sp³-hybridized carbons (Fsp3) is 0.0667. The Bertz CT molecular complexity index is 623. The normalized spacial score (nSPS) is 10.6. The molecule has 0 aliphatic heterocycles. The second-order valence-corrected chi connectivity index (χ2v) is 5.25. The molecule has 3 nitrogen and oxygen atoms in total. The van der Waals surface area contributed by atoms with Crippen LogP contribution in [0.15, 0.2) is 53.6 Å². The Balaban J connectivity index is 2.03. The van der Waals surface area contributed by atoms with Gasteiger partial charge in [0.05, 0.1) is 6.21 Å². The van der Waals surface area contributed by atoms with Gasteiger partial charge in [0.25, 0.3) is 5.91 Å². The molecular formula is C15H13IN2O. The Hall–Kier alpha value is -1.69. The molecule has 0 spiro atoms. The van der Waals surface area contributed by atoms with Crippen molar-refractivity contribution in [3.05, 3.63) is 68.8 Å². The molecule has 0 heterocycles. The Morgan fingerprint density at radius 2 is 2.00 bits per heavy atom. The molecule has 96 valence electrons. The lowest BCUT2D eigenvalue weighted by Crippen LogP contribution is -2.17. The van der Waals surface area contributed by atoms with Crippen molar-refractivity contribution in [1.82, 2.24) is 5.43 Å². The minimum Gasteiger partial charge on any atom is -0.267 e. The van der Waals surface area contributed by atoms with Gasteiger partial charge in [-0.05, 0) is 47.7 Å². The van der Waals surface area contributed by atoms with Crippen LogP contribution < -0.4 is 5.43 Å². The third-order valence-corrected chi connectivity index (χ3v) is 3.54. The van der Waals surface area contributed by atoms with Crippen LogP contribution >= 0.6 is 22.6 Å². The molecule has 0 aromatic heterocycles. The van der Waals surface area contributed by atoms with E-state index in [0.717, 1.165) is 14.7 Å². The Morgan fingerprint density at radius 1 is 1.21 bits per heavy atom. The summed E-state index contributed by atoms with van der Waals surface area (Å²) in [6, 6.07) is 15.2. The average molecular weight is 364 g/mol. The monoisotopic (exact) mass is 364 g/mol. The first-order valence-electron chi connectivity index (χ1n) is 5.81. The number of hydrogen-bond donors (Lipinski definition) is 1. The van der Waals surface area contributed by atoms with E-state index in [0.29, 0.717) is 5.56 Å². The molecule has 0 atom stereocenters. The van der Waals surface area contributed by atoms with Crippen LogP contribution in [0.2, 0.25) is 0 Å². The number of benzene rings is 2. The number of aryl methyl sites for hydroxylation is 1. The number of carbonyl (C=O) groups is 1. The molecule has 0 bridgehead atoms. The number of nitrogens with zero attached hydrogens (tertiary/aromatic N) is 1. The molecule has 0 fully saturated rings. The molecule has 2 aromatic carbocycles. The molecule has 2 rings (SSSR count). The molecule has 0 aliphatic carbocycles. The molecule has 0 unspecified atom stereocenters. The highest BCUT2D eigenvalue weighted by atomic mass is 127. The van der Waals surface area contributed by atoms with Gasteiger partial charge >= 0.3 is 0 Å². The maximum absolute atomic E-state index is 11.8. The quantitative estimate of drug-likeness (QED) is 0.507. The zero-order valence-corrected chi connectivity index (χ0v) is 12.6. The van der Waals surface area contributed by atoms with E-state index in [1.165, 1.54) is 0 Å². The van der Waals surface area contributed by atoms with Crippen molar-refractivity contribution in [2.45, 2.75) is 6.92 Å². The lowest BCUT2D eigenvalue weighted by molar-refractivity contribution is 0.0955. The van der Waals surface area contributed by atoms with Gasteiger partial charge in [0.1, 0.15) is 0 Å². The third-order valence-electron chi connectivity index (χ3n) is 2.56. The van der Waals surface area contributed by atoms with E-state index >= 15 is 0 Å². The molecule has 0 aliphatic rings. The van der Waals surface area contributed by atoms with Crippen molar-refractivity contribution >= 4 is 34.7 Å². The molecule has 4 heteroatoms. The standard InChI is InChI=1S/C15H13IN2O/c1-11-5-4-7-12(9-11)15(19)18-17-10-13-6-2-3-8-14(13)16/h2-10H,1H3,(H,18,19). The van der Waals surface area contributed by atoms with Crippen LogP contribution in [0.5, 0.6) is 0 Å². The molecule has 0 radical (unpaired) electrons. The third kappa shape index (κ3) is 3.89. The van der Waals surface area contributed by atoms with Gasteiger partial charge in [-0.2, -0.15) is 5.10 Å². The van der Waals surface area contributed by atoms with E-state index in [-0.39, 0.29) is 5.91 Å². The van der Waals surface area contributed by atoms with Crippen LogP contribution in [0, 0.1) is 10.5 Å². The first-order valence-corrected chi connectivity index (χ1v) is 6.89. The summed E-state index contributed by atoms with van der Waals surface area (Å²) in [7, 11) is 0. The largest absolute Gasteiger partial charge is 0.271 e. The minimum atomic E-state index is -0.203. The number of hydrogen-bond acceptors (Lipinski definition) is 2. The molecular weight excluding hydrogens is 351 g/mol. The summed E-state index contributed by atoms with van der Waals surface area (Å²) in [6.07, 6.45) is 1.65. The van der Waals surface area contributed by atoms with Gasteiger partial charge in [0.15, 0.2) is 0 Å². The van der Waals surface area contributed by atoms with Crippen molar-refractivity contribution in [3.8, 4) is 0 Å². The Labute approximate surface area is 125 Å². The summed E-state index contributed by atoms with van der Waals surface area (Å²) >= 11 is 2.23. The number of hydrazone groups is 1. The van der Waals surface area contributed by atoms with Crippen molar-refractivity contribution in [3.63, 3.8) is 0 Å².